The summed E-state index contributed by atoms with van der Waals surface area (Å²) >= 11 is 18.4. The zero-order valence-electron chi connectivity index (χ0n) is 14.6. The Balaban J connectivity index is 1.94. The summed E-state index contributed by atoms with van der Waals surface area (Å²) in [6, 6.07) is 12.6. The summed E-state index contributed by atoms with van der Waals surface area (Å²) in [7, 11) is 0. The third-order valence-corrected chi connectivity index (χ3v) is 5.50. The van der Waals surface area contributed by atoms with Crippen molar-refractivity contribution in [2.45, 2.75) is 19.3 Å². The van der Waals surface area contributed by atoms with Gasteiger partial charge < -0.3 is 5.11 Å². The van der Waals surface area contributed by atoms with E-state index in [1.807, 2.05) is 30.3 Å². The third-order valence-electron chi connectivity index (χ3n) is 4.71. The minimum atomic E-state index is -1.05. The molecule has 0 amide bonds. The quantitative estimate of drug-likeness (QED) is 0.519. The van der Waals surface area contributed by atoms with Gasteiger partial charge in [0.1, 0.15) is 0 Å². The molecule has 1 aromatic heterocycles. The van der Waals surface area contributed by atoms with Crippen molar-refractivity contribution in [3.8, 4) is 5.69 Å². The van der Waals surface area contributed by atoms with E-state index in [1.165, 1.54) is 0 Å². The van der Waals surface area contributed by atoms with Gasteiger partial charge in [-0.2, -0.15) is 5.10 Å². The topological polar surface area (TPSA) is 55.1 Å². The summed E-state index contributed by atoms with van der Waals surface area (Å²) in [6.07, 6.45) is 4.36. The van der Waals surface area contributed by atoms with Crippen LogP contribution < -0.4 is 0 Å². The number of hydrogen-bond acceptors (Lipinski definition) is 2. The van der Waals surface area contributed by atoms with Gasteiger partial charge in [-0.15, -0.1) is 0 Å². The van der Waals surface area contributed by atoms with Crippen LogP contribution in [0.3, 0.4) is 0 Å². The molecule has 1 aliphatic rings. The molecule has 0 aliphatic heterocycles. The monoisotopic (exact) mass is 432 g/mol. The Hall–Kier alpha value is -2.27. The maximum atomic E-state index is 11.8. The first kappa shape index (κ1) is 19.1. The standard InChI is InChI=1S/C21H15Cl3N2O2/c22-14-6-4-12(5-7-14)10-13-2-1-3-16-19(21(27)28)25-26(20(13)16)18-9-8-15(23)11-17(18)24/h4-11H,1-3H2,(H,27,28)/b13-10+. The van der Waals surface area contributed by atoms with Crippen molar-refractivity contribution in [3.05, 3.63) is 80.0 Å². The average Bonchev–Trinajstić information content (AvgIpc) is 3.04. The van der Waals surface area contributed by atoms with Gasteiger partial charge in [0.15, 0.2) is 5.69 Å². The number of rotatable bonds is 3. The number of aromatic carboxylic acids is 1. The van der Waals surface area contributed by atoms with Crippen LogP contribution in [0.25, 0.3) is 17.3 Å². The predicted molar refractivity (Wildman–Crippen MR) is 113 cm³/mol. The molecule has 0 saturated carbocycles. The van der Waals surface area contributed by atoms with E-state index in [4.69, 9.17) is 34.8 Å². The van der Waals surface area contributed by atoms with Gasteiger partial charge in [-0.05, 0) is 66.8 Å². The minimum absolute atomic E-state index is 0.0581. The van der Waals surface area contributed by atoms with Gasteiger partial charge in [-0.25, -0.2) is 9.48 Å². The van der Waals surface area contributed by atoms with E-state index >= 15 is 0 Å². The maximum Gasteiger partial charge on any atom is 0.356 e. The van der Waals surface area contributed by atoms with Crippen LogP contribution in [0.15, 0.2) is 42.5 Å². The van der Waals surface area contributed by atoms with Crippen LogP contribution in [0.1, 0.15) is 40.2 Å². The zero-order chi connectivity index (χ0) is 19.8. The van der Waals surface area contributed by atoms with E-state index in [0.717, 1.165) is 35.2 Å². The number of nitrogens with zero attached hydrogens (tertiary/aromatic N) is 2. The Morgan fingerprint density at radius 3 is 2.43 bits per heavy atom. The summed E-state index contributed by atoms with van der Waals surface area (Å²) < 4.78 is 1.62. The fraction of sp³-hybridized carbons (Fsp3) is 0.143. The molecule has 2 aromatic carbocycles. The molecule has 0 radical (unpaired) electrons. The Kier molecular flexibility index (Phi) is 5.19. The fourth-order valence-corrected chi connectivity index (χ4v) is 4.11. The smallest absolute Gasteiger partial charge is 0.356 e. The lowest BCUT2D eigenvalue weighted by atomic mass is 9.90. The van der Waals surface area contributed by atoms with Crippen molar-refractivity contribution in [1.82, 2.24) is 9.78 Å². The number of benzene rings is 2. The van der Waals surface area contributed by atoms with Crippen molar-refractivity contribution in [3.63, 3.8) is 0 Å². The number of fused-ring (bicyclic) bond motifs is 1. The van der Waals surface area contributed by atoms with Crippen molar-refractivity contribution >= 4 is 52.4 Å². The summed E-state index contributed by atoms with van der Waals surface area (Å²) in [5.41, 5.74) is 4.16. The van der Waals surface area contributed by atoms with Crippen molar-refractivity contribution in [1.29, 1.82) is 0 Å². The normalized spacial score (nSPS) is 14.9. The van der Waals surface area contributed by atoms with E-state index in [9.17, 15) is 9.90 Å². The van der Waals surface area contributed by atoms with Crippen LogP contribution >= 0.6 is 34.8 Å². The molecule has 0 atom stereocenters. The first-order valence-corrected chi connectivity index (χ1v) is 9.84. The lowest BCUT2D eigenvalue weighted by molar-refractivity contribution is 0.0688. The van der Waals surface area contributed by atoms with Gasteiger partial charge in [0.25, 0.3) is 0 Å². The van der Waals surface area contributed by atoms with Crippen molar-refractivity contribution in [2.24, 2.45) is 0 Å². The summed E-state index contributed by atoms with van der Waals surface area (Å²) in [6.45, 7) is 0. The average molecular weight is 434 g/mol. The van der Waals surface area contributed by atoms with E-state index in [0.29, 0.717) is 27.2 Å². The van der Waals surface area contributed by atoms with Gasteiger partial charge >= 0.3 is 5.97 Å². The molecule has 142 valence electrons. The molecule has 1 aliphatic carbocycles. The second kappa shape index (κ2) is 7.63. The van der Waals surface area contributed by atoms with Gasteiger partial charge in [-0.1, -0.05) is 46.9 Å². The lowest BCUT2D eigenvalue weighted by Crippen LogP contribution is -2.08. The number of aromatic nitrogens is 2. The molecule has 0 spiro atoms. The molecular formula is C21H15Cl3N2O2. The number of carboxylic acids is 1. The Bertz CT molecular complexity index is 1100. The molecule has 4 nitrogen and oxygen atoms in total. The number of carboxylic acid groups (broad SMARTS) is 1. The van der Waals surface area contributed by atoms with Crippen LogP contribution in [0.4, 0.5) is 0 Å². The SMILES string of the molecule is O=C(O)c1nn(-c2ccc(Cl)cc2Cl)c2c1CCC/C2=C\c1ccc(Cl)cc1. The maximum absolute atomic E-state index is 11.8. The van der Waals surface area contributed by atoms with Crippen molar-refractivity contribution in [2.75, 3.05) is 0 Å². The van der Waals surface area contributed by atoms with E-state index < -0.39 is 5.97 Å². The number of hydrogen-bond donors (Lipinski definition) is 1. The van der Waals surface area contributed by atoms with Crippen LogP contribution in [0, 0.1) is 0 Å². The molecule has 28 heavy (non-hydrogen) atoms. The van der Waals surface area contributed by atoms with E-state index in [2.05, 4.69) is 5.10 Å². The van der Waals surface area contributed by atoms with Crippen LogP contribution in [0.2, 0.25) is 15.1 Å². The van der Waals surface area contributed by atoms with E-state index in [-0.39, 0.29) is 5.69 Å². The zero-order valence-corrected chi connectivity index (χ0v) is 16.9. The van der Waals surface area contributed by atoms with Gasteiger partial charge in [0.05, 0.1) is 16.4 Å². The molecule has 4 rings (SSSR count). The molecule has 7 heteroatoms. The highest BCUT2D eigenvalue weighted by Gasteiger charge is 2.28. The third kappa shape index (κ3) is 3.55. The highest BCUT2D eigenvalue weighted by atomic mass is 35.5. The van der Waals surface area contributed by atoms with Crippen LogP contribution in [0.5, 0.6) is 0 Å². The van der Waals surface area contributed by atoms with E-state index in [1.54, 1.807) is 22.9 Å². The molecule has 1 N–H and O–H groups in total. The Morgan fingerprint density at radius 2 is 1.75 bits per heavy atom. The Labute approximate surface area is 177 Å². The lowest BCUT2D eigenvalue weighted by Gasteiger charge is -2.19. The van der Waals surface area contributed by atoms with Crippen LogP contribution in [-0.2, 0) is 6.42 Å². The molecule has 3 aromatic rings. The number of carbonyl (C=O) groups is 1. The fourth-order valence-electron chi connectivity index (χ4n) is 3.49. The van der Waals surface area contributed by atoms with Crippen molar-refractivity contribution < 1.29 is 9.90 Å². The van der Waals surface area contributed by atoms with Gasteiger partial charge in [-0.3, -0.25) is 0 Å². The summed E-state index contributed by atoms with van der Waals surface area (Å²) in [5, 5.41) is 15.6. The molecule has 1 heterocycles. The predicted octanol–water partition coefficient (Wildman–Crippen LogP) is 6.41. The summed E-state index contributed by atoms with van der Waals surface area (Å²) in [4.78, 5) is 11.8. The van der Waals surface area contributed by atoms with Gasteiger partial charge in [0.2, 0.25) is 0 Å². The van der Waals surface area contributed by atoms with Gasteiger partial charge in [0, 0.05) is 15.6 Å². The minimum Gasteiger partial charge on any atom is -0.476 e. The second-order valence-electron chi connectivity index (χ2n) is 6.56. The highest BCUT2D eigenvalue weighted by molar-refractivity contribution is 6.35. The van der Waals surface area contributed by atoms with Crippen LogP contribution in [-0.4, -0.2) is 20.9 Å². The molecule has 0 saturated heterocycles. The summed E-state index contributed by atoms with van der Waals surface area (Å²) in [5.74, 6) is -1.05. The number of halogens is 3. The first-order valence-electron chi connectivity index (χ1n) is 8.71. The Morgan fingerprint density at radius 1 is 1.04 bits per heavy atom. The molecule has 0 bridgehead atoms. The molecule has 0 fully saturated rings. The second-order valence-corrected chi connectivity index (χ2v) is 7.84. The largest absolute Gasteiger partial charge is 0.476 e. The first-order chi connectivity index (χ1) is 13.4. The molecular weight excluding hydrogens is 419 g/mol. The molecule has 0 unspecified atom stereocenters. The number of allylic oxidation sites excluding steroid dienone is 1. The highest BCUT2D eigenvalue weighted by Crippen LogP contribution is 2.37.